The number of hydrogen-bond acceptors (Lipinski definition) is 3. The normalized spacial score (nSPS) is 16.6. The summed E-state index contributed by atoms with van der Waals surface area (Å²) in [7, 11) is 0. The van der Waals surface area contributed by atoms with Gasteiger partial charge in [0.1, 0.15) is 0 Å². The highest BCUT2D eigenvalue weighted by atomic mass is 16.5. The molecule has 1 rings (SSSR count). The Labute approximate surface area is 96.7 Å². The summed E-state index contributed by atoms with van der Waals surface area (Å²) in [5.74, 6) is -0.345. The third-order valence-electron chi connectivity index (χ3n) is 3.23. The van der Waals surface area contributed by atoms with Crippen LogP contribution in [-0.4, -0.2) is 25.0 Å². The van der Waals surface area contributed by atoms with E-state index in [1.54, 1.807) is 6.92 Å². The van der Waals surface area contributed by atoms with Crippen molar-refractivity contribution in [3.05, 3.63) is 0 Å². The molecule has 1 fully saturated rings. The Morgan fingerprint density at radius 2 is 1.94 bits per heavy atom. The molecule has 0 bridgehead atoms. The number of rotatable bonds is 7. The average Bonchev–Trinajstić information content (AvgIpc) is 3.05. The zero-order chi connectivity index (χ0) is 12.0. The Balaban J connectivity index is 2.09. The van der Waals surface area contributed by atoms with Crippen molar-refractivity contribution in [2.75, 3.05) is 13.2 Å². The van der Waals surface area contributed by atoms with Gasteiger partial charge in [-0.25, -0.2) is 0 Å². The summed E-state index contributed by atoms with van der Waals surface area (Å²) in [5, 5.41) is 2.89. The van der Waals surface area contributed by atoms with Crippen molar-refractivity contribution in [3.8, 4) is 0 Å². The van der Waals surface area contributed by atoms with Crippen molar-refractivity contribution in [2.45, 2.75) is 46.0 Å². The minimum Gasteiger partial charge on any atom is -0.466 e. The number of carbonyl (C=O) groups excluding carboxylic acids is 2. The first-order chi connectivity index (χ1) is 7.62. The van der Waals surface area contributed by atoms with E-state index in [2.05, 4.69) is 12.2 Å². The molecule has 0 radical (unpaired) electrons. The highest BCUT2D eigenvalue weighted by molar-refractivity contribution is 5.81. The fourth-order valence-corrected chi connectivity index (χ4v) is 1.66. The lowest BCUT2D eigenvalue weighted by Gasteiger charge is -2.13. The van der Waals surface area contributed by atoms with Crippen molar-refractivity contribution < 1.29 is 14.3 Å². The first-order valence-corrected chi connectivity index (χ1v) is 6.04. The van der Waals surface area contributed by atoms with Gasteiger partial charge in [0.25, 0.3) is 0 Å². The van der Waals surface area contributed by atoms with Crippen LogP contribution in [0.2, 0.25) is 0 Å². The standard InChI is InChI=1S/C12H21NO3/c1-3-12(7-8-12)9-13-10(14)5-6-11(15)16-4-2/h3-9H2,1-2H3,(H,13,14). The van der Waals surface area contributed by atoms with E-state index in [1.807, 2.05) is 0 Å². The lowest BCUT2D eigenvalue weighted by atomic mass is 10.0. The maximum Gasteiger partial charge on any atom is 0.306 e. The van der Waals surface area contributed by atoms with Crippen molar-refractivity contribution in [2.24, 2.45) is 5.41 Å². The van der Waals surface area contributed by atoms with Gasteiger partial charge in [0.2, 0.25) is 5.91 Å². The van der Waals surface area contributed by atoms with Crippen LogP contribution in [0.3, 0.4) is 0 Å². The van der Waals surface area contributed by atoms with Crippen molar-refractivity contribution in [1.82, 2.24) is 5.32 Å². The molecule has 1 amide bonds. The van der Waals surface area contributed by atoms with E-state index in [0.29, 0.717) is 12.0 Å². The summed E-state index contributed by atoms with van der Waals surface area (Å²) < 4.78 is 4.75. The topological polar surface area (TPSA) is 55.4 Å². The Morgan fingerprint density at radius 3 is 2.44 bits per heavy atom. The molecule has 0 atom stereocenters. The molecule has 0 heterocycles. The van der Waals surface area contributed by atoms with E-state index in [1.165, 1.54) is 12.8 Å². The zero-order valence-corrected chi connectivity index (χ0v) is 10.2. The van der Waals surface area contributed by atoms with E-state index >= 15 is 0 Å². The highest BCUT2D eigenvalue weighted by Crippen LogP contribution is 2.47. The smallest absolute Gasteiger partial charge is 0.306 e. The Morgan fingerprint density at radius 1 is 1.25 bits per heavy atom. The van der Waals surface area contributed by atoms with E-state index in [9.17, 15) is 9.59 Å². The van der Waals surface area contributed by atoms with Gasteiger partial charge in [-0.05, 0) is 31.6 Å². The van der Waals surface area contributed by atoms with Crippen molar-refractivity contribution in [3.63, 3.8) is 0 Å². The summed E-state index contributed by atoms with van der Waals surface area (Å²) in [4.78, 5) is 22.4. The lowest BCUT2D eigenvalue weighted by molar-refractivity contribution is -0.144. The second-order valence-corrected chi connectivity index (χ2v) is 4.44. The maximum atomic E-state index is 11.4. The molecule has 0 aromatic heterocycles. The minimum absolute atomic E-state index is 0.0484. The first kappa shape index (κ1) is 13.0. The van der Waals surface area contributed by atoms with Crippen molar-refractivity contribution in [1.29, 1.82) is 0 Å². The number of amides is 1. The number of hydrogen-bond donors (Lipinski definition) is 1. The number of carbonyl (C=O) groups is 2. The molecule has 1 saturated carbocycles. The summed E-state index contributed by atoms with van der Waals surface area (Å²) in [5.41, 5.74) is 0.361. The number of ether oxygens (including phenoxy) is 1. The van der Waals surface area contributed by atoms with Crippen LogP contribution in [0.4, 0.5) is 0 Å². The fraction of sp³-hybridized carbons (Fsp3) is 0.833. The number of nitrogens with one attached hydrogen (secondary N) is 1. The molecule has 0 spiro atoms. The second kappa shape index (κ2) is 5.87. The third kappa shape index (κ3) is 4.21. The van der Waals surface area contributed by atoms with Gasteiger partial charge in [0.05, 0.1) is 13.0 Å². The van der Waals surface area contributed by atoms with Gasteiger partial charge in [-0.3, -0.25) is 9.59 Å². The van der Waals surface area contributed by atoms with Gasteiger partial charge in [-0.15, -0.1) is 0 Å². The molecule has 0 unspecified atom stereocenters. The quantitative estimate of drug-likeness (QED) is 0.673. The molecule has 1 N–H and O–H groups in total. The van der Waals surface area contributed by atoms with Crippen LogP contribution in [0.5, 0.6) is 0 Å². The summed E-state index contributed by atoms with van der Waals surface area (Å²) in [6, 6.07) is 0. The van der Waals surface area contributed by atoms with E-state index < -0.39 is 0 Å². The van der Waals surface area contributed by atoms with Crippen LogP contribution in [0, 0.1) is 5.41 Å². The summed E-state index contributed by atoms with van der Waals surface area (Å²) >= 11 is 0. The van der Waals surface area contributed by atoms with E-state index in [4.69, 9.17) is 4.74 Å². The summed E-state index contributed by atoms with van der Waals surface area (Å²) in [6.45, 7) is 5.04. The molecule has 0 aromatic rings. The molecule has 92 valence electrons. The van der Waals surface area contributed by atoms with Gasteiger partial charge in [0.15, 0.2) is 0 Å². The largest absolute Gasteiger partial charge is 0.466 e. The molecule has 4 nitrogen and oxygen atoms in total. The fourth-order valence-electron chi connectivity index (χ4n) is 1.66. The van der Waals surface area contributed by atoms with E-state index in [-0.39, 0.29) is 24.7 Å². The van der Waals surface area contributed by atoms with Crippen LogP contribution in [0.1, 0.15) is 46.0 Å². The predicted molar refractivity (Wildman–Crippen MR) is 60.8 cm³/mol. The minimum atomic E-state index is -0.297. The molecule has 1 aliphatic rings. The van der Waals surface area contributed by atoms with Crippen LogP contribution in [0.25, 0.3) is 0 Å². The third-order valence-corrected chi connectivity index (χ3v) is 3.23. The van der Waals surface area contributed by atoms with Gasteiger partial charge >= 0.3 is 5.97 Å². The van der Waals surface area contributed by atoms with Crippen LogP contribution in [0.15, 0.2) is 0 Å². The van der Waals surface area contributed by atoms with Crippen LogP contribution in [-0.2, 0) is 14.3 Å². The molecule has 16 heavy (non-hydrogen) atoms. The molecule has 4 heteroatoms. The van der Waals surface area contributed by atoms with Gasteiger partial charge < -0.3 is 10.1 Å². The molecule has 0 aromatic carbocycles. The number of esters is 1. The molecular formula is C12H21NO3. The Hall–Kier alpha value is -1.06. The lowest BCUT2D eigenvalue weighted by Crippen LogP contribution is -2.30. The highest BCUT2D eigenvalue weighted by Gasteiger charge is 2.40. The second-order valence-electron chi connectivity index (χ2n) is 4.44. The van der Waals surface area contributed by atoms with Gasteiger partial charge in [0, 0.05) is 13.0 Å². The van der Waals surface area contributed by atoms with E-state index in [0.717, 1.165) is 13.0 Å². The molecule has 0 saturated heterocycles. The van der Waals surface area contributed by atoms with Gasteiger partial charge in [-0.1, -0.05) is 6.92 Å². The van der Waals surface area contributed by atoms with Crippen molar-refractivity contribution >= 4 is 11.9 Å². The van der Waals surface area contributed by atoms with Crippen LogP contribution >= 0.6 is 0 Å². The maximum absolute atomic E-state index is 11.4. The van der Waals surface area contributed by atoms with Crippen LogP contribution < -0.4 is 5.32 Å². The van der Waals surface area contributed by atoms with Gasteiger partial charge in [-0.2, -0.15) is 0 Å². The Kier molecular flexibility index (Phi) is 4.77. The first-order valence-electron chi connectivity index (χ1n) is 6.04. The SMILES string of the molecule is CCOC(=O)CCC(=O)NCC1(CC)CC1. The average molecular weight is 227 g/mol. The molecule has 0 aliphatic heterocycles. The zero-order valence-electron chi connectivity index (χ0n) is 10.2. The predicted octanol–water partition coefficient (Wildman–Crippen LogP) is 1.64. The molecular weight excluding hydrogens is 206 g/mol. The summed E-state index contributed by atoms with van der Waals surface area (Å²) in [6.07, 6.45) is 3.95. The Bertz CT molecular complexity index is 259. The monoisotopic (exact) mass is 227 g/mol. The molecule has 1 aliphatic carbocycles.